The number of aromatic carboxylic acids is 1. The van der Waals surface area contributed by atoms with Crippen molar-refractivity contribution in [3.05, 3.63) is 17.5 Å². The van der Waals surface area contributed by atoms with E-state index in [9.17, 15) is 9.59 Å². The number of H-pyrrole nitrogens is 1. The highest BCUT2D eigenvalue weighted by atomic mass is 16.4. The van der Waals surface area contributed by atoms with Gasteiger partial charge in [0, 0.05) is 24.7 Å². The summed E-state index contributed by atoms with van der Waals surface area (Å²) >= 11 is 0. The van der Waals surface area contributed by atoms with Crippen LogP contribution in [0.1, 0.15) is 41.7 Å². The molecule has 0 aliphatic carbocycles. The quantitative estimate of drug-likeness (QED) is 0.533. The summed E-state index contributed by atoms with van der Waals surface area (Å²) in [4.78, 5) is 25.4. The third-order valence-corrected chi connectivity index (χ3v) is 2.54. The summed E-state index contributed by atoms with van der Waals surface area (Å²) < 4.78 is 0. The first kappa shape index (κ1) is 13.8. The van der Waals surface area contributed by atoms with E-state index < -0.39 is 5.97 Å². The summed E-state index contributed by atoms with van der Waals surface area (Å²) in [6.07, 6.45) is 9.07. The average molecular weight is 248 g/mol. The minimum atomic E-state index is -1.06. The zero-order chi connectivity index (χ0) is 13.5. The summed E-state index contributed by atoms with van der Waals surface area (Å²) in [6, 6.07) is 0. The third-order valence-electron chi connectivity index (χ3n) is 2.54. The van der Waals surface area contributed by atoms with E-state index in [0.717, 1.165) is 6.42 Å². The molecule has 0 unspecified atom stereocenters. The number of carbonyl (C=O) groups is 2. The van der Waals surface area contributed by atoms with Crippen molar-refractivity contribution in [2.75, 3.05) is 5.32 Å². The van der Waals surface area contributed by atoms with Gasteiger partial charge in [0.25, 0.3) is 0 Å². The zero-order valence-corrected chi connectivity index (χ0v) is 10.2. The van der Waals surface area contributed by atoms with Gasteiger partial charge < -0.3 is 15.4 Å². The van der Waals surface area contributed by atoms with Gasteiger partial charge in [0.05, 0.1) is 5.69 Å². The predicted octanol–water partition coefficient (Wildman–Crippen LogP) is 2.15. The Bertz CT molecular complexity index is 483. The lowest BCUT2D eigenvalue weighted by atomic mass is 10.2. The van der Waals surface area contributed by atoms with Crippen molar-refractivity contribution >= 4 is 17.6 Å². The molecule has 0 fully saturated rings. The standard InChI is InChI=1S/C13H16N2O3/c1-3-4-5-6-7-11(16)15-10-8-14-9(2)12(10)13(17)18/h1,8,14H,4-7H2,2H3,(H,15,16)(H,17,18). The fraction of sp³-hybridized carbons (Fsp3) is 0.385. The molecular formula is C13H16N2O3. The van der Waals surface area contributed by atoms with Crippen molar-refractivity contribution in [2.24, 2.45) is 0 Å². The highest BCUT2D eigenvalue weighted by molar-refractivity contribution is 6.01. The van der Waals surface area contributed by atoms with Gasteiger partial charge in [-0.3, -0.25) is 4.79 Å². The predicted molar refractivity (Wildman–Crippen MR) is 68.4 cm³/mol. The summed E-state index contributed by atoms with van der Waals surface area (Å²) in [5.74, 6) is 1.24. The Labute approximate surface area is 106 Å². The number of terminal acetylenes is 1. The van der Waals surface area contributed by atoms with Crippen molar-refractivity contribution in [3.8, 4) is 12.3 Å². The van der Waals surface area contributed by atoms with Gasteiger partial charge in [0.2, 0.25) is 5.91 Å². The molecule has 5 heteroatoms. The number of nitrogens with one attached hydrogen (secondary N) is 2. The number of unbranched alkanes of at least 4 members (excludes halogenated alkanes) is 2. The first-order valence-electron chi connectivity index (χ1n) is 5.70. The molecule has 1 aromatic rings. The molecule has 5 nitrogen and oxygen atoms in total. The van der Waals surface area contributed by atoms with Crippen molar-refractivity contribution in [1.82, 2.24) is 4.98 Å². The molecule has 96 valence electrons. The molecule has 0 bridgehead atoms. The second-order valence-electron chi connectivity index (χ2n) is 3.97. The molecule has 1 rings (SSSR count). The Hall–Kier alpha value is -2.22. The van der Waals surface area contributed by atoms with E-state index in [1.165, 1.54) is 6.20 Å². The molecule has 18 heavy (non-hydrogen) atoms. The Kier molecular flexibility index (Phi) is 5.00. The third kappa shape index (κ3) is 3.67. The van der Waals surface area contributed by atoms with E-state index in [0.29, 0.717) is 30.6 Å². The number of anilines is 1. The maximum absolute atomic E-state index is 11.6. The molecule has 0 atom stereocenters. The van der Waals surface area contributed by atoms with Crippen molar-refractivity contribution in [2.45, 2.75) is 32.6 Å². The van der Waals surface area contributed by atoms with Crippen LogP contribution in [0.3, 0.4) is 0 Å². The molecule has 1 aromatic heterocycles. The monoisotopic (exact) mass is 248 g/mol. The van der Waals surface area contributed by atoms with Crippen LogP contribution in [0.25, 0.3) is 0 Å². The topological polar surface area (TPSA) is 82.2 Å². The number of aryl methyl sites for hydroxylation is 1. The largest absolute Gasteiger partial charge is 0.478 e. The molecule has 0 saturated carbocycles. The Morgan fingerprint density at radius 1 is 1.50 bits per heavy atom. The minimum Gasteiger partial charge on any atom is -0.478 e. The van der Waals surface area contributed by atoms with E-state index in [2.05, 4.69) is 16.2 Å². The second kappa shape index (κ2) is 6.50. The van der Waals surface area contributed by atoms with Crippen LogP contribution in [-0.2, 0) is 4.79 Å². The number of hydrogen-bond donors (Lipinski definition) is 3. The van der Waals surface area contributed by atoms with Gasteiger partial charge in [-0.15, -0.1) is 12.3 Å². The molecule has 0 aromatic carbocycles. The molecule has 0 radical (unpaired) electrons. The minimum absolute atomic E-state index is 0.104. The Morgan fingerprint density at radius 3 is 2.83 bits per heavy atom. The smallest absolute Gasteiger partial charge is 0.339 e. The Balaban J connectivity index is 2.55. The van der Waals surface area contributed by atoms with Crippen LogP contribution in [0, 0.1) is 19.3 Å². The highest BCUT2D eigenvalue weighted by Crippen LogP contribution is 2.19. The molecule has 0 aliphatic heterocycles. The number of carbonyl (C=O) groups excluding carboxylic acids is 1. The van der Waals surface area contributed by atoms with E-state index in [1.54, 1.807) is 6.92 Å². The van der Waals surface area contributed by atoms with Crippen LogP contribution >= 0.6 is 0 Å². The van der Waals surface area contributed by atoms with Crippen LogP contribution in [0.4, 0.5) is 5.69 Å². The zero-order valence-electron chi connectivity index (χ0n) is 10.2. The average Bonchev–Trinajstić information content (AvgIpc) is 2.66. The molecule has 3 N–H and O–H groups in total. The van der Waals surface area contributed by atoms with Gasteiger partial charge in [-0.25, -0.2) is 4.79 Å². The van der Waals surface area contributed by atoms with Gasteiger partial charge >= 0.3 is 5.97 Å². The lowest BCUT2D eigenvalue weighted by molar-refractivity contribution is -0.116. The van der Waals surface area contributed by atoms with Crippen LogP contribution < -0.4 is 5.32 Å². The van der Waals surface area contributed by atoms with E-state index >= 15 is 0 Å². The number of carboxylic acids is 1. The molecule has 0 saturated heterocycles. The Morgan fingerprint density at radius 2 is 2.22 bits per heavy atom. The van der Waals surface area contributed by atoms with Crippen molar-refractivity contribution in [1.29, 1.82) is 0 Å². The lowest BCUT2D eigenvalue weighted by Crippen LogP contribution is -2.13. The van der Waals surface area contributed by atoms with Crippen molar-refractivity contribution < 1.29 is 14.7 Å². The van der Waals surface area contributed by atoms with E-state index in [-0.39, 0.29) is 11.5 Å². The number of hydrogen-bond acceptors (Lipinski definition) is 2. The van der Waals surface area contributed by atoms with Crippen LogP contribution in [0.5, 0.6) is 0 Å². The lowest BCUT2D eigenvalue weighted by Gasteiger charge is -2.04. The van der Waals surface area contributed by atoms with Gasteiger partial charge in [-0.2, -0.15) is 0 Å². The molecular weight excluding hydrogens is 232 g/mol. The first-order valence-corrected chi connectivity index (χ1v) is 5.70. The fourth-order valence-electron chi connectivity index (χ4n) is 1.63. The number of carboxylic acid groups (broad SMARTS) is 1. The number of aromatic amines is 1. The molecule has 1 heterocycles. The highest BCUT2D eigenvalue weighted by Gasteiger charge is 2.16. The van der Waals surface area contributed by atoms with E-state index in [1.807, 2.05) is 0 Å². The van der Waals surface area contributed by atoms with Crippen molar-refractivity contribution in [3.63, 3.8) is 0 Å². The number of aromatic nitrogens is 1. The van der Waals surface area contributed by atoms with Crippen LogP contribution in [0.15, 0.2) is 6.20 Å². The second-order valence-corrected chi connectivity index (χ2v) is 3.97. The molecule has 0 aliphatic rings. The fourth-order valence-corrected chi connectivity index (χ4v) is 1.63. The van der Waals surface area contributed by atoms with Gasteiger partial charge in [0.15, 0.2) is 0 Å². The maximum Gasteiger partial charge on any atom is 0.339 e. The first-order chi connectivity index (χ1) is 8.56. The van der Waals surface area contributed by atoms with Gasteiger partial charge in [-0.05, 0) is 19.8 Å². The van der Waals surface area contributed by atoms with Gasteiger partial charge in [0.1, 0.15) is 5.56 Å². The number of rotatable bonds is 6. The summed E-state index contributed by atoms with van der Waals surface area (Å²) in [5, 5.41) is 11.6. The molecule has 1 amide bonds. The summed E-state index contributed by atoms with van der Waals surface area (Å²) in [7, 11) is 0. The normalized spacial score (nSPS) is 9.78. The maximum atomic E-state index is 11.6. The van der Waals surface area contributed by atoms with Crippen LogP contribution in [-0.4, -0.2) is 22.0 Å². The molecule has 0 spiro atoms. The van der Waals surface area contributed by atoms with E-state index in [4.69, 9.17) is 11.5 Å². The van der Waals surface area contributed by atoms with Crippen LogP contribution in [0.2, 0.25) is 0 Å². The van der Waals surface area contributed by atoms with Gasteiger partial charge in [-0.1, -0.05) is 0 Å². The summed E-state index contributed by atoms with van der Waals surface area (Å²) in [5.41, 5.74) is 0.930. The summed E-state index contributed by atoms with van der Waals surface area (Å²) in [6.45, 7) is 1.64. The number of amides is 1. The SMILES string of the molecule is C#CCCCCC(=O)Nc1c[nH]c(C)c1C(=O)O.